The summed E-state index contributed by atoms with van der Waals surface area (Å²) in [5.41, 5.74) is 4.26. The van der Waals surface area contributed by atoms with Gasteiger partial charge in [-0.1, -0.05) is 24.3 Å². The second kappa shape index (κ2) is 5.09. The number of hydrogen-bond donors (Lipinski definition) is 2. The first-order chi connectivity index (χ1) is 6.36. The number of nitrogens with one attached hydrogen (secondary N) is 1. The van der Waals surface area contributed by atoms with E-state index in [9.17, 15) is 0 Å². The van der Waals surface area contributed by atoms with Crippen molar-refractivity contribution in [1.29, 1.82) is 5.26 Å². The largest absolute Gasteiger partial charge is 0.271 e. The third kappa shape index (κ3) is 3.08. The van der Waals surface area contributed by atoms with Crippen molar-refractivity contribution >= 4 is 6.08 Å². The van der Waals surface area contributed by atoms with E-state index in [1.54, 1.807) is 12.1 Å². The molecule has 0 amide bonds. The Bertz CT molecular complexity index is 319. The normalized spacial score (nSPS) is 10.2. The maximum Gasteiger partial charge on any atom is 0.0991 e. The lowest BCUT2D eigenvalue weighted by Crippen LogP contribution is -2.21. The highest BCUT2D eigenvalue weighted by molar-refractivity contribution is 5.50. The predicted molar refractivity (Wildman–Crippen MR) is 52.4 cm³/mol. The van der Waals surface area contributed by atoms with Crippen LogP contribution in [-0.2, 0) is 0 Å². The summed E-state index contributed by atoms with van der Waals surface area (Å²) >= 11 is 0. The Morgan fingerprint density at radius 3 is 2.62 bits per heavy atom. The minimum Gasteiger partial charge on any atom is -0.271 e. The van der Waals surface area contributed by atoms with E-state index in [0.29, 0.717) is 12.1 Å². The van der Waals surface area contributed by atoms with E-state index in [1.807, 2.05) is 24.3 Å². The van der Waals surface area contributed by atoms with Gasteiger partial charge in [-0.3, -0.25) is 11.3 Å². The van der Waals surface area contributed by atoms with Crippen LogP contribution >= 0.6 is 0 Å². The number of benzene rings is 1. The van der Waals surface area contributed by atoms with E-state index in [0.717, 1.165) is 5.56 Å². The first kappa shape index (κ1) is 9.46. The highest BCUT2D eigenvalue weighted by atomic mass is 15.2. The molecule has 0 fully saturated rings. The lowest BCUT2D eigenvalue weighted by molar-refractivity contribution is 0.825. The molecule has 0 aliphatic carbocycles. The molecular formula is C10H11N3. The van der Waals surface area contributed by atoms with Gasteiger partial charge in [0.05, 0.1) is 11.6 Å². The topological polar surface area (TPSA) is 61.8 Å². The predicted octanol–water partition coefficient (Wildman–Crippen LogP) is 1.03. The monoisotopic (exact) mass is 173 g/mol. The Morgan fingerprint density at radius 2 is 2.08 bits per heavy atom. The molecule has 3 nitrogen and oxygen atoms in total. The van der Waals surface area contributed by atoms with Gasteiger partial charge in [-0.25, -0.2) is 0 Å². The van der Waals surface area contributed by atoms with E-state index in [2.05, 4.69) is 11.5 Å². The van der Waals surface area contributed by atoms with E-state index >= 15 is 0 Å². The van der Waals surface area contributed by atoms with Gasteiger partial charge in [-0.05, 0) is 17.7 Å². The molecule has 66 valence electrons. The van der Waals surface area contributed by atoms with Crippen LogP contribution in [0, 0.1) is 11.3 Å². The Labute approximate surface area is 77.5 Å². The summed E-state index contributed by atoms with van der Waals surface area (Å²) in [4.78, 5) is 0. The van der Waals surface area contributed by atoms with Crippen molar-refractivity contribution in [3.63, 3.8) is 0 Å². The zero-order valence-electron chi connectivity index (χ0n) is 7.20. The summed E-state index contributed by atoms with van der Waals surface area (Å²) < 4.78 is 0. The van der Waals surface area contributed by atoms with Crippen LogP contribution in [0.5, 0.6) is 0 Å². The third-order valence-corrected chi connectivity index (χ3v) is 1.59. The fourth-order valence-corrected chi connectivity index (χ4v) is 0.932. The molecule has 0 bridgehead atoms. The zero-order valence-corrected chi connectivity index (χ0v) is 7.20. The van der Waals surface area contributed by atoms with Gasteiger partial charge in [-0.2, -0.15) is 5.26 Å². The quantitative estimate of drug-likeness (QED) is 0.530. The molecule has 13 heavy (non-hydrogen) atoms. The minimum absolute atomic E-state index is 0.639. The number of nitrogens with two attached hydrogens (primary N) is 1. The number of rotatable bonds is 3. The first-order valence-corrected chi connectivity index (χ1v) is 3.97. The van der Waals surface area contributed by atoms with Gasteiger partial charge in [0.15, 0.2) is 0 Å². The summed E-state index contributed by atoms with van der Waals surface area (Å²) in [7, 11) is 0. The van der Waals surface area contributed by atoms with Gasteiger partial charge >= 0.3 is 0 Å². The molecule has 1 aromatic carbocycles. The standard InChI is InChI=1S/C10H11N3/c11-8-10-5-3-9(4-6-10)2-1-7-13-12/h1-6,13H,7,12H2. The summed E-state index contributed by atoms with van der Waals surface area (Å²) in [6.45, 7) is 0.639. The second-order valence-electron chi connectivity index (χ2n) is 2.54. The molecule has 0 heterocycles. The van der Waals surface area contributed by atoms with Crippen LogP contribution in [-0.4, -0.2) is 6.54 Å². The van der Waals surface area contributed by atoms with Crippen LogP contribution in [0.15, 0.2) is 30.3 Å². The average molecular weight is 173 g/mol. The van der Waals surface area contributed by atoms with Crippen molar-refractivity contribution in [3.05, 3.63) is 41.5 Å². The summed E-state index contributed by atoms with van der Waals surface area (Å²) in [6, 6.07) is 9.43. The smallest absolute Gasteiger partial charge is 0.0991 e. The maximum absolute atomic E-state index is 8.55. The number of nitrogens with zero attached hydrogens (tertiary/aromatic N) is 1. The van der Waals surface area contributed by atoms with Crippen molar-refractivity contribution in [1.82, 2.24) is 5.43 Å². The van der Waals surface area contributed by atoms with Gasteiger partial charge < -0.3 is 0 Å². The molecule has 3 N–H and O–H groups in total. The van der Waals surface area contributed by atoms with E-state index in [4.69, 9.17) is 11.1 Å². The molecule has 0 saturated carbocycles. The second-order valence-corrected chi connectivity index (χ2v) is 2.54. The maximum atomic E-state index is 8.55. The molecule has 3 heteroatoms. The van der Waals surface area contributed by atoms with Crippen molar-refractivity contribution in [3.8, 4) is 6.07 Å². The number of nitriles is 1. The van der Waals surface area contributed by atoms with Gasteiger partial charge in [0, 0.05) is 6.54 Å². The first-order valence-electron chi connectivity index (χ1n) is 3.97. The summed E-state index contributed by atoms with van der Waals surface area (Å²) in [5.74, 6) is 5.09. The van der Waals surface area contributed by atoms with Crippen LogP contribution in [0.1, 0.15) is 11.1 Å². The van der Waals surface area contributed by atoms with Crippen molar-refractivity contribution < 1.29 is 0 Å². The summed E-state index contributed by atoms with van der Waals surface area (Å²) in [6.07, 6.45) is 3.86. The van der Waals surface area contributed by atoms with Crippen LogP contribution in [0.25, 0.3) is 6.08 Å². The van der Waals surface area contributed by atoms with Gasteiger partial charge in [-0.15, -0.1) is 0 Å². The van der Waals surface area contributed by atoms with Crippen LogP contribution in [0.3, 0.4) is 0 Å². The third-order valence-electron chi connectivity index (χ3n) is 1.59. The fourth-order valence-electron chi connectivity index (χ4n) is 0.932. The number of hydrazine groups is 1. The number of hydrogen-bond acceptors (Lipinski definition) is 3. The molecule has 0 unspecified atom stereocenters. The van der Waals surface area contributed by atoms with Crippen molar-refractivity contribution in [2.75, 3.05) is 6.54 Å². The van der Waals surface area contributed by atoms with E-state index in [1.165, 1.54) is 0 Å². The molecule has 0 spiro atoms. The van der Waals surface area contributed by atoms with Crippen LogP contribution < -0.4 is 11.3 Å². The lowest BCUT2D eigenvalue weighted by atomic mass is 10.1. The molecule has 0 atom stereocenters. The Kier molecular flexibility index (Phi) is 3.71. The van der Waals surface area contributed by atoms with Gasteiger partial charge in [0.2, 0.25) is 0 Å². The Morgan fingerprint density at radius 1 is 1.38 bits per heavy atom. The SMILES string of the molecule is N#Cc1ccc(C=CCNN)cc1. The van der Waals surface area contributed by atoms with Crippen molar-refractivity contribution in [2.24, 2.45) is 5.84 Å². The van der Waals surface area contributed by atoms with Gasteiger partial charge in [0.1, 0.15) is 0 Å². The average Bonchev–Trinajstić information content (AvgIpc) is 2.19. The van der Waals surface area contributed by atoms with E-state index in [-0.39, 0.29) is 0 Å². The molecule has 0 aliphatic heterocycles. The van der Waals surface area contributed by atoms with Crippen LogP contribution in [0.2, 0.25) is 0 Å². The summed E-state index contributed by atoms with van der Waals surface area (Å²) in [5, 5.41) is 8.55. The van der Waals surface area contributed by atoms with Gasteiger partial charge in [0.25, 0.3) is 0 Å². The fraction of sp³-hybridized carbons (Fsp3) is 0.100. The Hall–Kier alpha value is -1.63. The molecule has 0 saturated heterocycles. The lowest BCUT2D eigenvalue weighted by Gasteiger charge is -1.93. The molecule has 1 rings (SSSR count). The molecular weight excluding hydrogens is 162 g/mol. The minimum atomic E-state index is 0.639. The zero-order chi connectivity index (χ0) is 9.52. The van der Waals surface area contributed by atoms with Crippen molar-refractivity contribution in [2.45, 2.75) is 0 Å². The van der Waals surface area contributed by atoms with E-state index < -0.39 is 0 Å². The molecule has 0 radical (unpaired) electrons. The highest BCUT2D eigenvalue weighted by Gasteiger charge is 1.88. The van der Waals surface area contributed by atoms with Crippen LogP contribution in [0.4, 0.5) is 0 Å². The molecule has 1 aromatic rings. The Balaban J connectivity index is 2.65. The molecule has 0 aromatic heterocycles. The highest BCUT2D eigenvalue weighted by Crippen LogP contribution is 2.04. The molecule has 0 aliphatic rings.